The van der Waals surface area contributed by atoms with Gasteiger partial charge in [0.15, 0.2) is 5.82 Å². The summed E-state index contributed by atoms with van der Waals surface area (Å²) in [6, 6.07) is 11.5. The molecule has 1 N–H and O–H groups in total. The lowest BCUT2D eigenvalue weighted by Crippen LogP contribution is -2.12. The lowest BCUT2D eigenvalue weighted by Gasteiger charge is -2.12. The second-order valence-electron chi connectivity index (χ2n) is 6.83. The number of carbonyl (C=O) groups is 1. The maximum atomic E-state index is 12.5. The van der Waals surface area contributed by atoms with Crippen molar-refractivity contribution in [2.24, 2.45) is 0 Å². The number of aryl methyl sites for hydroxylation is 1. The summed E-state index contributed by atoms with van der Waals surface area (Å²) in [6.07, 6.45) is 3.08. The number of anilines is 1. The molecule has 4 rings (SSSR count). The van der Waals surface area contributed by atoms with Crippen molar-refractivity contribution in [3.8, 4) is 22.6 Å². The molecule has 0 atom stereocenters. The molecule has 0 unspecified atom stereocenters. The Morgan fingerprint density at radius 3 is 2.69 bits per heavy atom. The van der Waals surface area contributed by atoms with Gasteiger partial charge in [0, 0.05) is 12.7 Å². The highest BCUT2D eigenvalue weighted by atomic mass is 32.1. The monoisotopic (exact) mass is 450 g/mol. The van der Waals surface area contributed by atoms with E-state index < -0.39 is 0 Å². The van der Waals surface area contributed by atoms with Crippen LogP contribution in [-0.2, 0) is 4.74 Å². The third-order valence-electron chi connectivity index (χ3n) is 4.67. The quantitative estimate of drug-likeness (QED) is 0.399. The van der Waals surface area contributed by atoms with Gasteiger partial charge < -0.3 is 19.5 Å². The number of hydrogen-bond donors (Lipinski definition) is 1. The smallest absolute Gasteiger partial charge is 0.268 e. The van der Waals surface area contributed by atoms with Crippen LogP contribution in [0.2, 0.25) is 0 Å². The van der Waals surface area contributed by atoms with Crippen LogP contribution in [0, 0.1) is 6.92 Å². The number of nitrogens with one attached hydrogen (secondary N) is 1. The normalized spacial score (nSPS) is 10.8. The minimum atomic E-state index is -0.278. The van der Waals surface area contributed by atoms with Gasteiger partial charge in [-0.05, 0) is 36.8 Å². The van der Waals surface area contributed by atoms with E-state index in [1.807, 2.05) is 43.3 Å². The van der Waals surface area contributed by atoms with E-state index >= 15 is 0 Å². The fraction of sp³-hybridized carbons (Fsp3) is 0.217. The Bertz CT molecular complexity index is 1260. The SMILES string of the molecule is COCCOc1cccc(-c2ccc(OC)c3nc(NC(=O)c4cnc(C)s4)cnc23)c1. The van der Waals surface area contributed by atoms with Crippen molar-refractivity contribution in [1.29, 1.82) is 0 Å². The first kappa shape index (κ1) is 21.7. The van der Waals surface area contributed by atoms with Gasteiger partial charge in [-0.15, -0.1) is 11.3 Å². The van der Waals surface area contributed by atoms with Crippen LogP contribution in [0.25, 0.3) is 22.2 Å². The number of carbonyl (C=O) groups excluding carboxylic acids is 1. The minimum absolute atomic E-state index is 0.278. The Morgan fingerprint density at radius 2 is 1.94 bits per heavy atom. The number of nitrogens with zero attached hydrogens (tertiary/aromatic N) is 3. The lowest BCUT2D eigenvalue weighted by atomic mass is 10.0. The zero-order valence-electron chi connectivity index (χ0n) is 17.9. The van der Waals surface area contributed by atoms with Gasteiger partial charge in [0.2, 0.25) is 0 Å². The lowest BCUT2D eigenvalue weighted by molar-refractivity contribution is 0.103. The molecule has 0 spiro atoms. The number of ether oxygens (including phenoxy) is 3. The van der Waals surface area contributed by atoms with Crippen LogP contribution in [0.5, 0.6) is 11.5 Å². The zero-order valence-corrected chi connectivity index (χ0v) is 18.7. The Kier molecular flexibility index (Phi) is 6.58. The third-order valence-corrected chi connectivity index (χ3v) is 5.58. The molecule has 9 heteroatoms. The highest BCUT2D eigenvalue weighted by molar-refractivity contribution is 7.13. The second kappa shape index (κ2) is 9.71. The summed E-state index contributed by atoms with van der Waals surface area (Å²) in [5.74, 6) is 1.36. The average Bonchev–Trinajstić information content (AvgIpc) is 3.25. The molecule has 1 amide bonds. The Balaban J connectivity index is 1.68. The molecule has 0 bridgehead atoms. The summed E-state index contributed by atoms with van der Waals surface area (Å²) in [5.41, 5.74) is 3.01. The number of amides is 1. The molecule has 2 heterocycles. The van der Waals surface area contributed by atoms with Gasteiger partial charge in [-0.2, -0.15) is 0 Å². The molecule has 32 heavy (non-hydrogen) atoms. The molecule has 0 saturated heterocycles. The summed E-state index contributed by atoms with van der Waals surface area (Å²) in [6.45, 7) is 2.82. The molecule has 0 saturated carbocycles. The van der Waals surface area contributed by atoms with Crippen molar-refractivity contribution in [3.63, 3.8) is 0 Å². The largest absolute Gasteiger partial charge is 0.494 e. The van der Waals surface area contributed by atoms with Crippen LogP contribution in [0.1, 0.15) is 14.7 Å². The summed E-state index contributed by atoms with van der Waals surface area (Å²) in [7, 11) is 3.21. The van der Waals surface area contributed by atoms with Gasteiger partial charge in [0.25, 0.3) is 5.91 Å². The molecule has 0 fully saturated rings. The predicted octanol–water partition coefficient (Wildman–Crippen LogP) is 4.35. The zero-order chi connectivity index (χ0) is 22.5. The topological polar surface area (TPSA) is 95.5 Å². The molecule has 4 aromatic rings. The predicted molar refractivity (Wildman–Crippen MR) is 124 cm³/mol. The maximum absolute atomic E-state index is 12.5. The first-order valence-electron chi connectivity index (χ1n) is 9.88. The van der Waals surface area contributed by atoms with E-state index in [9.17, 15) is 4.79 Å². The summed E-state index contributed by atoms with van der Waals surface area (Å²) >= 11 is 1.32. The van der Waals surface area contributed by atoms with Crippen LogP contribution >= 0.6 is 11.3 Å². The first-order chi connectivity index (χ1) is 15.6. The molecule has 2 aromatic carbocycles. The molecule has 0 aliphatic heterocycles. The molecule has 2 aromatic heterocycles. The highest BCUT2D eigenvalue weighted by Gasteiger charge is 2.15. The third kappa shape index (κ3) is 4.68. The molecule has 0 aliphatic rings. The summed E-state index contributed by atoms with van der Waals surface area (Å²) < 4.78 is 16.3. The van der Waals surface area contributed by atoms with Crippen molar-refractivity contribution in [1.82, 2.24) is 15.0 Å². The number of aromatic nitrogens is 3. The van der Waals surface area contributed by atoms with Crippen molar-refractivity contribution in [3.05, 3.63) is 58.7 Å². The second-order valence-corrected chi connectivity index (χ2v) is 8.07. The number of thiazole rings is 1. The fourth-order valence-electron chi connectivity index (χ4n) is 3.17. The number of fused-ring (bicyclic) bond motifs is 1. The van der Waals surface area contributed by atoms with Crippen molar-refractivity contribution in [2.75, 3.05) is 32.8 Å². The Morgan fingerprint density at radius 1 is 1.06 bits per heavy atom. The minimum Gasteiger partial charge on any atom is -0.494 e. The maximum Gasteiger partial charge on any atom is 0.268 e. The van der Waals surface area contributed by atoms with Crippen LogP contribution in [0.3, 0.4) is 0 Å². The van der Waals surface area contributed by atoms with Crippen molar-refractivity contribution in [2.45, 2.75) is 6.92 Å². The molecular formula is C23H22N4O4S. The molecule has 0 aliphatic carbocycles. The van der Waals surface area contributed by atoms with E-state index in [0.29, 0.717) is 40.7 Å². The Hall–Kier alpha value is -3.56. The summed E-state index contributed by atoms with van der Waals surface area (Å²) in [5, 5.41) is 3.60. The van der Waals surface area contributed by atoms with Crippen LogP contribution in [-0.4, -0.2) is 48.3 Å². The Labute approximate surface area is 189 Å². The number of benzene rings is 2. The standard InChI is InChI=1S/C23H22N4O4S/c1-14-24-12-19(32-14)23(28)27-20-13-25-21-17(7-8-18(30-3)22(21)26-20)15-5-4-6-16(11-15)31-10-9-29-2/h4-8,11-13H,9-10H2,1-3H3,(H,26,27,28). The van der Waals surface area contributed by atoms with E-state index in [2.05, 4.69) is 20.3 Å². The van der Waals surface area contributed by atoms with Crippen LogP contribution in [0.15, 0.2) is 48.8 Å². The van der Waals surface area contributed by atoms with Crippen molar-refractivity contribution < 1.29 is 19.0 Å². The van der Waals surface area contributed by atoms with Gasteiger partial charge >= 0.3 is 0 Å². The van der Waals surface area contributed by atoms with Gasteiger partial charge in [-0.1, -0.05) is 12.1 Å². The van der Waals surface area contributed by atoms with Gasteiger partial charge in [-0.3, -0.25) is 4.79 Å². The molecule has 0 radical (unpaired) electrons. The van der Waals surface area contributed by atoms with Crippen LogP contribution in [0.4, 0.5) is 5.82 Å². The number of hydrogen-bond acceptors (Lipinski definition) is 8. The average molecular weight is 451 g/mol. The van der Waals surface area contributed by atoms with E-state index in [0.717, 1.165) is 21.9 Å². The van der Waals surface area contributed by atoms with Gasteiger partial charge in [0.05, 0.1) is 31.1 Å². The van der Waals surface area contributed by atoms with E-state index in [4.69, 9.17) is 14.2 Å². The van der Waals surface area contributed by atoms with Crippen LogP contribution < -0.4 is 14.8 Å². The van der Waals surface area contributed by atoms with Gasteiger partial charge in [0.1, 0.15) is 34.0 Å². The van der Waals surface area contributed by atoms with E-state index in [1.54, 1.807) is 20.4 Å². The number of methoxy groups -OCH3 is 2. The molecule has 164 valence electrons. The molecule has 8 nitrogen and oxygen atoms in total. The highest BCUT2D eigenvalue weighted by Crippen LogP contribution is 2.34. The van der Waals surface area contributed by atoms with Crippen molar-refractivity contribution >= 4 is 34.1 Å². The fourth-order valence-corrected chi connectivity index (χ4v) is 3.85. The van der Waals surface area contributed by atoms with E-state index in [-0.39, 0.29) is 5.91 Å². The van der Waals surface area contributed by atoms with Gasteiger partial charge in [-0.25, -0.2) is 15.0 Å². The number of rotatable bonds is 8. The van der Waals surface area contributed by atoms with E-state index in [1.165, 1.54) is 17.5 Å². The summed E-state index contributed by atoms with van der Waals surface area (Å²) in [4.78, 5) is 26.3. The molecular weight excluding hydrogens is 428 g/mol. The first-order valence-corrected chi connectivity index (χ1v) is 10.7.